The summed E-state index contributed by atoms with van der Waals surface area (Å²) in [6.07, 6.45) is 3.40. The maximum absolute atomic E-state index is 12.3. The van der Waals surface area contributed by atoms with Crippen LogP contribution < -0.4 is 10.4 Å². The molecule has 0 saturated carbocycles. The SMILES string of the molecule is CC(C)=CCC[C@](C)(O)[C@H]1Cc2c(c3c(C)cccc3oc2=O)O1. The summed E-state index contributed by atoms with van der Waals surface area (Å²) in [5.74, 6) is 0.576. The first-order valence-corrected chi connectivity index (χ1v) is 8.37. The average Bonchev–Trinajstić information content (AvgIpc) is 2.93. The molecule has 4 nitrogen and oxygen atoms in total. The monoisotopic (exact) mass is 328 g/mol. The molecule has 0 spiro atoms. The fraction of sp³-hybridized carbons (Fsp3) is 0.450. The maximum Gasteiger partial charge on any atom is 0.343 e. The number of rotatable bonds is 4. The number of fused-ring (bicyclic) bond motifs is 3. The van der Waals surface area contributed by atoms with Gasteiger partial charge in [0, 0.05) is 6.42 Å². The van der Waals surface area contributed by atoms with Crippen LogP contribution in [-0.4, -0.2) is 16.8 Å². The Morgan fingerprint density at radius 3 is 2.88 bits per heavy atom. The number of allylic oxidation sites excluding steroid dienone is 2. The zero-order chi connectivity index (χ0) is 17.5. The van der Waals surface area contributed by atoms with Crippen LogP contribution in [-0.2, 0) is 6.42 Å². The van der Waals surface area contributed by atoms with Gasteiger partial charge in [0.05, 0.1) is 16.6 Å². The van der Waals surface area contributed by atoms with E-state index in [1.54, 1.807) is 13.0 Å². The topological polar surface area (TPSA) is 59.7 Å². The molecule has 0 unspecified atom stereocenters. The molecule has 1 aliphatic rings. The van der Waals surface area contributed by atoms with E-state index in [-0.39, 0.29) is 5.63 Å². The standard InChI is InChI=1S/C20H24O4/c1-12(2)7-6-10-20(4,22)16-11-14-18(24-16)17-13(3)8-5-9-15(17)23-19(14)21/h5,7-9,16,22H,6,10-11H2,1-4H3/t16-,20+/m1/s1. The van der Waals surface area contributed by atoms with Gasteiger partial charge < -0.3 is 14.3 Å². The van der Waals surface area contributed by atoms with Crippen LogP contribution in [0.2, 0.25) is 0 Å². The molecule has 0 bridgehead atoms. The van der Waals surface area contributed by atoms with E-state index in [2.05, 4.69) is 6.08 Å². The molecule has 1 aliphatic heterocycles. The molecule has 0 amide bonds. The van der Waals surface area contributed by atoms with Crippen LogP contribution >= 0.6 is 0 Å². The minimum absolute atomic E-state index is 0.370. The molecule has 2 heterocycles. The molecule has 1 aromatic carbocycles. The molecule has 2 atom stereocenters. The van der Waals surface area contributed by atoms with Gasteiger partial charge in [0.1, 0.15) is 17.4 Å². The molecule has 128 valence electrons. The zero-order valence-corrected chi connectivity index (χ0v) is 14.7. The minimum Gasteiger partial charge on any atom is -0.486 e. The lowest BCUT2D eigenvalue weighted by Gasteiger charge is -2.29. The predicted octanol–water partition coefficient (Wildman–Crippen LogP) is 3.90. The van der Waals surface area contributed by atoms with Crippen molar-refractivity contribution >= 4 is 11.0 Å². The largest absolute Gasteiger partial charge is 0.486 e. The Morgan fingerprint density at radius 2 is 2.17 bits per heavy atom. The second-order valence-corrected chi connectivity index (χ2v) is 7.13. The van der Waals surface area contributed by atoms with E-state index in [1.807, 2.05) is 32.9 Å². The first kappa shape index (κ1) is 16.8. The summed E-state index contributed by atoms with van der Waals surface area (Å²) in [5, 5.41) is 11.7. The van der Waals surface area contributed by atoms with Crippen molar-refractivity contribution in [3.05, 3.63) is 51.4 Å². The number of aryl methyl sites for hydroxylation is 1. The van der Waals surface area contributed by atoms with Gasteiger partial charge in [-0.25, -0.2) is 4.79 Å². The third kappa shape index (κ3) is 2.98. The smallest absolute Gasteiger partial charge is 0.343 e. The first-order chi connectivity index (χ1) is 11.3. The Bertz CT molecular complexity index is 854. The minimum atomic E-state index is -1.01. The van der Waals surface area contributed by atoms with Crippen molar-refractivity contribution in [2.45, 2.75) is 58.7 Å². The van der Waals surface area contributed by atoms with Gasteiger partial charge in [-0.2, -0.15) is 0 Å². The summed E-state index contributed by atoms with van der Waals surface area (Å²) < 4.78 is 11.5. The summed E-state index contributed by atoms with van der Waals surface area (Å²) in [6, 6.07) is 5.59. The molecule has 4 heteroatoms. The highest BCUT2D eigenvalue weighted by Crippen LogP contribution is 2.39. The quantitative estimate of drug-likeness (QED) is 0.683. The van der Waals surface area contributed by atoms with Crippen LogP contribution in [0.15, 0.2) is 39.1 Å². The lowest BCUT2D eigenvalue weighted by molar-refractivity contribution is -0.0429. The van der Waals surface area contributed by atoms with Gasteiger partial charge in [0.2, 0.25) is 0 Å². The van der Waals surface area contributed by atoms with Gasteiger partial charge >= 0.3 is 5.63 Å². The summed E-state index contributed by atoms with van der Waals surface area (Å²) in [4.78, 5) is 12.3. The van der Waals surface area contributed by atoms with Crippen LogP contribution in [0.4, 0.5) is 0 Å². The van der Waals surface area contributed by atoms with Gasteiger partial charge in [-0.3, -0.25) is 0 Å². The first-order valence-electron chi connectivity index (χ1n) is 8.37. The highest BCUT2D eigenvalue weighted by molar-refractivity contribution is 5.88. The van der Waals surface area contributed by atoms with Crippen molar-refractivity contribution in [1.82, 2.24) is 0 Å². The fourth-order valence-corrected chi connectivity index (χ4v) is 3.26. The van der Waals surface area contributed by atoms with E-state index >= 15 is 0 Å². The Morgan fingerprint density at radius 1 is 1.42 bits per heavy atom. The molecular formula is C20H24O4. The van der Waals surface area contributed by atoms with Crippen LogP contribution in [0, 0.1) is 6.92 Å². The van der Waals surface area contributed by atoms with Gasteiger partial charge in [-0.1, -0.05) is 23.8 Å². The van der Waals surface area contributed by atoms with Gasteiger partial charge in [0.15, 0.2) is 0 Å². The normalized spacial score (nSPS) is 18.8. The second-order valence-electron chi connectivity index (χ2n) is 7.13. The summed E-state index contributed by atoms with van der Waals surface area (Å²) in [5.41, 5.74) is 1.91. The van der Waals surface area contributed by atoms with Crippen LogP contribution in [0.5, 0.6) is 5.75 Å². The molecule has 24 heavy (non-hydrogen) atoms. The van der Waals surface area contributed by atoms with Crippen molar-refractivity contribution in [3.63, 3.8) is 0 Å². The molecule has 2 aromatic rings. The van der Waals surface area contributed by atoms with E-state index < -0.39 is 11.7 Å². The maximum atomic E-state index is 12.3. The van der Waals surface area contributed by atoms with Crippen LogP contribution in [0.3, 0.4) is 0 Å². The Balaban J connectivity index is 1.94. The third-order valence-corrected chi connectivity index (χ3v) is 4.73. The number of aliphatic hydroxyl groups is 1. The predicted molar refractivity (Wildman–Crippen MR) is 94.6 cm³/mol. The number of hydrogen-bond donors (Lipinski definition) is 1. The van der Waals surface area contributed by atoms with Crippen molar-refractivity contribution in [3.8, 4) is 5.75 Å². The summed E-state index contributed by atoms with van der Waals surface area (Å²) in [7, 11) is 0. The van der Waals surface area contributed by atoms with E-state index in [1.165, 1.54) is 5.57 Å². The van der Waals surface area contributed by atoms with Crippen molar-refractivity contribution in [1.29, 1.82) is 0 Å². The molecule has 0 radical (unpaired) electrons. The van der Waals surface area contributed by atoms with Crippen LogP contribution in [0.1, 0.15) is 44.7 Å². The number of benzene rings is 1. The van der Waals surface area contributed by atoms with Crippen molar-refractivity contribution in [2.24, 2.45) is 0 Å². The Kier molecular flexibility index (Phi) is 4.26. The van der Waals surface area contributed by atoms with Crippen LogP contribution in [0.25, 0.3) is 11.0 Å². The molecule has 0 aliphatic carbocycles. The molecule has 3 rings (SSSR count). The van der Waals surface area contributed by atoms with E-state index in [9.17, 15) is 9.90 Å². The molecule has 1 aromatic heterocycles. The van der Waals surface area contributed by atoms with E-state index in [4.69, 9.17) is 9.15 Å². The third-order valence-electron chi connectivity index (χ3n) is 4.73. The average molecular weight is 328 g/mol. The van der Waals surface area contributed by atoms with Crippen molar-refractivity contribution < 1.29 is 14.3 Å². The number of ether oxygens (including phenoxy) is 1. The number of hydrogen-bond acceptors (Lipinski definition) is 4. The Hall–Kier alpha value is -2.07. The molecular weight excluding hydrogens is 304 g/mol. The lowest BCUT2D eigenvalue weighted by Crippen LogP contribution is -2.42. The lowest BCUT2D eigenvalue weighted by atomic mass is 9.90. The van der Waals surface area contributed by atoms with Crippen molar-refractivity contribution in [2.75, 3.05) is 0 Å². The molecule has 0 saturated heterocycles. The highest BCUT2D eigenvalue weighted by Gasteiger charge is 2.40. The fourth-order valence-electron chi connectivity index (χ4n) is 3.26. The highest BCUT2D eigenvalue weighted by atomic mass is 16.5. The molecule has 1 N–H and O–H groups in total. The summed E-state index contributed by atoms with van der Waals surface area (Å²) in [6.45, 7) is 7.82. The molecule has 0 fully saturated rings. The van der Waals surface area contributed by atoms with Gasteiger partial charge in [-0.05, 0) is 52.2 Å². The van der Waals surface area contributed by atoms with E-state index in [0.717, 1.165) is 17.4 Å². The second kappa shape index (κ2) is 6.10. The van der Waals surface area contributed by atoms with Gasteiger partial charge in [0.25, 0.3) is 0 Å². The Labute approximate surface area is 141 Å². The zero-order valence-electron chi connectivity index (χ0n) is 14.7. The van der Waals surface area contributed by atoms with E-state index in [0.29, 0.717) is 29.7 Å². The van der Waals surface area contributed by atoms with Gasteiger partial charge in [-0.15, -0.1) is 0 Å². The summed E-state index contributed by atoms with van der Waals surface area (Å²) >= 11 is 0.